The normalized spacial score (nSPS) is 11.7. The Kier molecular flexibility index (Phi) is 6.90. The molecule has 11 aromatic rings. The molecule has 2 heteroatoms. The van der Waals surface area contributed by atoms with Gasteiger partial charge >= 0.3 is 0 Å². The quantitative estimate of drug-likeness (QED) is 0.168. The summed E-state index contributed by atoms with van der Waals surface area (Å²) in [4.78, 5) is 2.35. The number of hydrogen-bond acceptors (Lipinski definition) is 2. The molecule has 1 heterocycles. The maximum Gasteiger partial charge on any atom is 0.136 e. The van der Waals surface area contributed by atoms with Gasteiger partial charge in [0.05, 0.1) is 0 Å². The third kappa shape index (κ3) is 4.88. The molecule has 0 fully saturated rings. The van der Waals surface area contributed by atoms with Crippen LogP contribution in [0, 0.1) is 0 Å². The Balaban J connectivity index is 1.05. The van der Waals surface area contributed by atoms with Gasteiger partial charge < -0.3 is 9.32 Å². The molecule has 0 unspecified atom stereocenters. The Morgan fingerprint density at radius 3 is 1.74 bits per heavy atom. The fourth-order valence-corrected chi connectivity index (χ4v) is 8.46. The van der Waals surface area contributed by atoms with E-state index in [1.165, 1.54) is 70.7 Å². The number of benzene rings is 10. The van der Waals surface area contributed by atoms with Crippen molar-refractivity contribution in [2.75, 3.05) is 4.90 Å². The number of nitrogens with zero attached hydrogens (tertiary/aromatic N) is 1. The van der Waals surface area contributed by atoms with Crippen LogP contribution in [0.5, 0.6) is 0 Å². The Morgan fingerprint density at radius 2 is 0.870 bits per heavy atom. The average molecular weight is 688 g/mol. The van der Waals surface area contributed by atoms with Crippen molar-refractivity contribution in [3.05, 3.63) is 200 Å². The molecule has 0 spiro atoms. The van der Waals surface area contributed by atoms with Gasteiger partial charge in [0, 0.05) is 33.2 Å². The predicted octanol–water partition coefficient (Wildman–Crippen LogP) is 15.0. The van der Waals surface area contributed by atoms with E-state index in [2.05, 4.69) is 199 Å². The predicted molar refractivity (Wildman–Crippen MR) is 229 cm³/mol. The van der Waals surface area contributed by atoms with Gasteiger partial charge in [-0.05, 0) is 127 Å². The second kappa shape index (κ2) is 12.2. The van der Waals surface area contributed by atoms with Gasteiger partial charge in [-0.2, -0.15) is 0 Å². The maximum atomic E-state index is 6.36. The fourth-order valence-electron chi connectivity index (χ4n) is 8.46. The van der Waals surface area contributed by atoms with E-state index < -0.39 is 0 Å². The lowest BCUT2D eigenvalue weighted by molar-refractivity contribution is 0.669. The number of furan rings is 1. The molecule has 0 N–H and O–H groups in total. The van der Waals surface area contributed by atoms with Gasteiger partial charge in [-0.25, -0.2) is 0 Å². The van der Waals surface area contributed by atoms with Crippen LogP contribution in [0.15, 0.2) is 205 Å². The van der Waals surface area contributed by atoms with Crippen molar-refractivity contribution in [1.29, 1.82) is 0 Å². The standard InChI is InChI=1S/C52H33NO/c1-2-14-40(15-3-1)53(41-26-23-35(24-27-41)38-22-21-34-11-4-5-12-36(34)31-38)42-16-10-13-37(32-42)39-25-28-44-43-17-6-7-18-45(43)51-46(48(44)33-39)29-30-50-52(51)47-19-8-9-20-49(47)54-50/h1-33H. The van der Waals surface area contributed by atoms with Crippen molar-refractivity contribution in [2.45, 2.75) is 0 Å². The lowest BCUT2D eigenvalue weighted by Gasteiger charge is -2.26. The lowest BCUT2D eigenvalue weighted by atomic mass is 9.90. The molecule has 0 aliphatic heterocycles. The van der Waals surface area contributed by atoms with Crippen LogP contribution in [0.1, 0.15) is 0 Å². The summed E-state index contributed by atoms with van der Waals surface area (Å²) >= 11 is 0. The molecule has 0 atom stereocenters. The zero-order valence-electron chi connectivity index (χ0n) is 29.4. The van der Waals surface area contributed by atoms with E-state index in [1.807, 2.05) is 6.07 Å². The summed E-state index contributed by atoms with van der Waals surface area (Å²) in [7, 11) is 0. The van der Waals surface area contributed by atoms with E-state index in [1.54, 1.807) is 0 Å². The van der Waals surface area contributed by atoms with Crippen molar-refractivity contribution in [1.82, 2.24) is 0 Å². The zero-order valence-corrected chi connectivity index (χ0v) is 29.4. The van der Waals surface area contributed by atoms with Crippen molar-refractivity contribution >= 4 is 82.1 Å². The Bertz CT molecular complexity index is 3210. The van der Waals surface area contributed by atoms with Gasteiger partial charge in [0.1, 0.15) is 11.2 Å². The molecule has 0 radical (unpaired) electrons. The lowest BCUT2D eigenvalue weighted by Crippen LogP contribution is -2.09. The maximum absolute atomic E-state index is 6.36. The molecule has 1 aromatic heterocycles. The van der Waals surface area contributed by atoms with Crippen LogP contribution in [0.3, 0.4) is 0 Å². The minimum atomic E-state index is 0.918. The van der Waals surface area contributed by atoms with Gasteiger partial charge in [-0.15, -0.1) is 0 Å². The molecule has 11 rings (SSSR count). The van der Waals surface area contributed by atoms with Crippen LogP contribution in [-0.4, -0.2) is 0 Å². The molecule has 2 nitrogen and oxygen atoms in total. The summed E-state index contributed by atoms with van der Waals surface area (Å²) in [6.07, 6.45) is 0. The second-order valence-corrected chi connectivity index (χ2v) is 14.1. The van der Waals surface area contributed by atoms with E-state index in [-0.39, 0.29) is 0 Å². The average Bonchev–Trinajstić information content (AvgIpc) is 3.63. The van der Waals surface area contributed by atoms with Crippen molar-refractivity contribution in [2.24, 2.45) is 0 Å². The number of anilines is 3. The Hall–Kier alpha value is -7.16. The first-order valence-corrected chi connectivity index (χ1v) is 18.5. The number of hydrogen-bond donors (Lipinski definition) is 0. The largest absolute Gasteiger partial charge is 0.456 e. The highest BCUT2D eigenvalue weighted by molar-refractivity contribution is 6.34. The first-order valence-electron chi connectivity index (χ1n) is 18.5. The number of para-hydroxylation sites is 2. The monoisotopic (exact) mass is 687 g/mol. The highest BCUT2D eigenvalue weighted by atomic mass is 16.3. The molecule has 0 amide bonds. The first-order chi connectivity index (χ1) is 26.8. The van der Waals surface area contributed by atoms with Crippen LogP contribution in [0.4, 0.5) is 17.1 Å². The molecular formula is C52H33NO. The summed E-state index contributed by atoms with van der Waals surface area (Å²) in [6.45, 7) is 0. The third-order valence-corrected chi connectivity index (χ3v) is 11.0. The minimum absolute atomic E-state index is 0.918. The van der Waals surface area contributed by atoms with E-state index in [0.717, 1.165) is 33.6 Å². The van der Waals surface area contributed by atoms with Crippen LogP contribution < -0.4 is 4.90 Å². The first kappa shape index (κ1) is 30.5. The van der Waals surface area contributed by atoms with Crippen LogP contribution in [0.2, 0.25) is 0 Å². The topological polar surface area (TPSA) is 16.4 Å². The molecule has 0 aliphatic rings. The Morgan fingerprint density at radius 1 is 0.278 bits per heavy atom. The van der Waals surface area contributed by atoms with E-state index >= 15 is 0 Å². The highest BCUT2D eigenvalue weighted by Gasteiger charge is 2.18. The number of rotatable bonds is 5. The minimum Gasteiger partial charge on any atom is -0.456 e. The summed E-state index contributed by atoms with van der Waals surface area (Å²) < 4.78 is 6.36. The molecule has 54 heavy (non-hydrogen) atoms. The van der Waals surface area contributed by atoms with Crippen LogP contribution in [0.25, 0.3) is 87.3 Å². The van der Waals surface area contributed by atoms with E-state index in [0.29, 0.717) is 0 Å². The van der Waals surface area contributed by atoms with Gasteiger partial charge in [-0.1, -0.05) is 133 Å². The molecule has 0 saturated heterocycles. The van der Waals surface area contributed by atoms with Crippen molar-refractivity contribution in [3.8, 4) is 22.3 Å². The SMILES string of the molecule is c1ccc(N(c2ccc(-c3ccc4ccccc4c3)cc2)c2cccc(-c3ccc4c5ccccc5c5c(ccc6oc7ccccc7c65)c4c3)c2)cc1. The highest BCUT2D eigenvalue weighted by Crippen LogP contribution is 2.44. The molecule has 252 valence electrons. The zero-order chi connectivity index (χ0) is 35.6. The third-order valence-electron chi connectivity index (χ3n) is 11.0. The fraction of sp³-hybridized carbons (Fsp3) is 0. The van der Waals surface area contributed by atoms with Gasteiger partial charge in [0.15, 0.2) is 0 Å². The molecule has 0 bridgehead atoms. The number of fused-ring (bicyclic) bond motifs is 11. The van der Waals surface area contributed by atoms with Gasteiger partial charge in [-0.3, -0.25) is 0 Å². The van der Waals surface area contributed by atoms with Crippen LogP contribution in [-0.2, 0) is 0 Å². The summed E-state index contributed by atoms with van der Waals surface area (Å²) in [5, 5.41) is 12.3. The van der Waals surface area contributed by atoms with Crippen LogP contribution >= 0.6 is 0 Å². The molecular weight excluding hydrogens is 655 g/mol. The molecule has 0 saturated carbocycles. The van der Waals surface area contributed by atoms with E-state index in [9.17, 15) is 0 Å². The van der Waals surface area contributed by atoms with Crippen molar-refractivity contribution in [3.63, 3.8) is 0 Å². The van der Waals surface area contributed by atoms with Crippen molar-refractivity contribution < 1.29 is 4.42 Å². The second-order valence-electron chi connectivity index (χ2n) is 14.1. The summed E-state index contributed by atoms with van der Waals surface area (Å²) in [5.41, 5.74) is 9.92. The summed E-state index contributed by atoms with van der Waals surface area (Å²) in [6, 6.07) is 72.2. The molecule has 10 aromatic carbocycles. The smallest absolute Gasteiger partial charge is 0.136 e. The Labute approximate surface area is 312 Å². The summed E-state index contributed by atoms with van der Waals surface area (Å²) in [5.74, 6) is 0. The van der Waals surface area contributed by atoms with E-state index in [4.69, 9.17) is 4.42 Å². The van der Waals surface area contributed by atoms with Gasteiger partial charge in [0.2, 0.25) is 0 Å². The molecule has 0 aliphatic carbocycles. The van der Waals surface area contributed by atoms with Gasteiger partial charge in [0.25, 0.3) is 0 Å².